The Bertz CT molecular complexity index is 588. The average Bonchev–Trinajstić information content (AvgIpc) is 2.44. The van der Waals surface area contributed by atoms with Gasteiger partial charge in [0.25, 0.3) is 0 Å². The van der Waals surface area contributed by atoms with Gasteiger partial charge < -0.3 is 10.6 Å². The van der Waals surface area contributed by atoms with Crippen molar-refractivity contribution in [2.45, 2.75) is 33.2 Å². The van der Waals surface area contributed by atoms with Gasteiger partial charge in [0.1, 0.15) is 0 Å². The van der Waals surface area contributed by atoms with E-state index in [2.05, 4.69) is 29.7 Å². The second kappa shape index (κ2) is 6.93. The Hall–Kier alpha value is -2.29. The molecule has 0 heterocycles. The molecule has 0 aliphatic rings. The van der Waals surface area contributed by atoms with Crippen LogP contribution in [0, 0.1) is 13.8 Å². The first-order valence-corrected chi connectivity index (χ1v) is 7.22. The highest BCUT2D eigenvalue weighted by Gasteiger charge is 2.09. The fourth-order valence-electron chi connectivity index (χ4n) is 2.11. The van der Waals surface area contributed by atoms with E-state index in [4.69, 9.17) is 0 Å². The quantitative estimate of drug-likeness (QED) is 0.865. The van der Waals surface area contributed by atoms with Gasteiger partial charge >= 0.3 is 0 Å². The van der Waals surface area contributed by atoms with Gasteiger partial charge in [-0.2, -0.15) is 0 Å². The molecular weight excluding hydrogens is 260 g/mol. The number of carbonyl (C=O) groups excluding carboxylic acids is 1. The Balaban J connectivity index is 1.84. The lowest BCUT2D eigenvalue weighted by molar-refractivity contribution is -0.116. The predicted molar refractivity (Wildman–Crippen MR) is 88.7 cm³/mol. The molecule has 0 aromatic heterocycles. The van der Waals surface area contributed by atoms with Crippen LogP contribution in [0.2, 0.25) is 0 Å². The largest absolute Gasteiger partial charge is 0.382 e. The van der Waals surface area contributed by atoms with Crippen molar-refractivity contribution in [1.82, 2.24) is 0 Å². The van der Waals surface area contributed by atoms with Crippen molar-refractivity contribution >= 4 is 17.3 Å². The second-order valence-electron chi connectivity index (χ2n) is 5.53. The molecule has 0 aliphatic carbocycles. The van der Waals surface area contributed by atoms with Crippen LogP contribution in [-0.4, -0.2) is 11.9 Å². The zero-order valence-electron chi connectivity index (χ0n) is 12.8. The van der Waals surface area contributed by atoms with Crippen molar-refractivity contribution in [1.29, 1.82) is 0 Å². The lowest BCUT2D eigenvalue weighted by Crippen LogP contribution is -2.23. The third-order valence-corrected chi connectivity index (χ3v) is 3.29. The number of hydrogen-bond acceptors (Lipinski definition) is 2. The van der Waals surface area contributed by atoms with Crippen molar-refractivity contribution in [3.63, 3.8) is 0 Å². The second-order valence-corrected chi connectivity index (χ2v) is 5.53. The molecule has 3 nitrogen and oxygen atoms in total. The highest BCUT2D eigenvalue weighted by atomic mass is 16.1. The third kappa shape index (κ3) is 4.95. The van der Waals surface area contributed by atoms with Gasteiger partial charge in [-0.05, 0) is 45.0 Å². The van der Waals surface area contributed by atoms with Crippen LogP contribution in [0.1, 0.15) is 24.5 Å². The van der Waals surface area contributed by atoms with E-state index in [-0.39, 0.29) is 11.9 Å². The first-order chi connectivity index (χ1) is 10.0. The molecule has 2 N–H and O–H groups in total. The summed E-state index contributed by atoms with van der Waals surface area (Å²) in [6, 6.07) is 16.1. The highest BCUT2D eigenvalue weighted by molar-refractivity contribution is 5.91. The zero-order valence-corrected chi connectivity index (χ0v) is 12.8. The molecule has 110 valence electrons. The monoisotopic (exact) mass is 282 g/mol. The summed E-state index contributed by atoms with van der Waals surface area (Å²) in [4.78, 5) is 12.0. The van der Waals surface area contributed by atoms with Crippen molar-refractivity contribution in [2.24, 2.45) is 0 Å². The molecule has 2 aromatic rings. The SMILES string of the molecule is Cc1ccc(NC(=O)CC(C)Nc2ccc(C)cc2)cc1. The smallest absolute Gasteiger partial charge is 0.226 e. The number of rotatable bonds is 5. The number of nitrogens with one attached hydrogen (secondary N) is 2. The molecule has 0 spiro atoms. The van der Waals surface area contributed by atoms with Gasteiger partial charge in [0, 0.05) is 23.8 Å². The number of aryl methyl sites for hydroxylation is 2. The number of carbonyl (C=O) groups is 1. The Morgan fingerprint density at radius 1 is 0.905 bits per heavy atom. The fraction of sp³-hybridized carbons (Fsp3) is 0.278. The maximum absolute atomic E-state index is 12.0. The van der Waals surface area contributed by atoms with Gasteiger partial charge in [-0.15, -0.1) is 0 Å². The zero-order chi connectivity index (χ0) is 15.2. The topological polar surface area (TPSA) is 41.1 Å². The van der Waals surface area contributed by atoms with Crippen LogP contribution < -0.4 is 10.6 Å². The molecule has 2 rings (SSSR count). The van der Waals surface area contributed by atoms with Crippen LogP contribution in [0.15, 0.2) is 48.5 Å². The molecular formula is C18H22N2O. The molecule has 21 heavy (non-hydrogen) atoms. The normalized spacial score (nSPS) is 11.8. The minimum absolute atomic E-state index is 0.0194. The molecule has 2 aromatic carbocycles. The van der Waals surface area contributed by atoms with Crippen molar-refractivity contribution in [3.8, 4) is 0 Å². The van der Waals surface area contributed by atoms with Crippen LogP contribution >= 0.6 is 0 Å². The molecule has 0 fully saturated rings. The summed E-state index contributed by atoms with van der Waals surface area (Å²) < 4.78 is 0. The number of hydrogen-bond donors (Lipinski definition) is 2. The summed E-state index contributed by atoms with van der Waals surface area (Å²) in [7, 11) is 0. The van der Waals surface area contributed by atoms with Crippen LogP contribution in [0.4, 0.5) is 11.4 Å². The molecule has 0 bridgehead atoms. The van der Waals surface area contributed by atoms with Gasteiger partial charge in [-0.25, -0.2) is 0 Å². The minimum atomic E-state index is 0.0194. The van der Waals surface area contributed by atoms with E-state index in [1.165, 1.54) is 11.1 Å². The van der Waals surface area contributed by atoms with E-state index in [1.54, 1.807) is 0 Å². The molecule has 0 aliphatic heterocycles. The summed E-state index contributed by atoms with van der Waals surface area (Å²) in [6.45, 7) is 6.09. The molecule has 3 heteroatoms. The molecule has 0 radical (unpaired) electrons. The minimum Gasteiger partial charge on any atom is -0.382 e. The van der Waals surface area contributed by atoms with Crippen molar-refractivity contribution in [3.05, 3.63) is 59.7 Å². The van der Waals surface area contributed by atoms with E-state index < -0.39 is 0 Å². The Morgan fingerprint density at radius 3 is 1.90 bits per heavy atom. The van der Waals surface area contributed by atoms with Crippen LogP contribution in [0.25, 0.3) is 0 Å². The van der Waals surface area contributed by atoms with Gasteiger partial charge in [-0.1, -0.05) is 35.4 Å². The summed E-state index contributed by atoms with van der Waals surface area (Å²) in [5.41, 5.74) is 4.29. The van der Waals surface area contributed by atoms with Gasteiger partial charge in [0.15, 0.2) is 0 Å². The lowest BCUT2D eigenvalue weighted by Gasteiger charge is -2.15. The van der Waals surface area contributed by atoms with Gasteiger partial charge in [0.2, 0.25) is 5.91 Å². The molecule has 1 unspecified atom stereocenters. The lowest BCUT2D eigenvalue weighted by atomic mass is 10.1. The molecule has 0 saturated carbocycles. The van der Waals surface area contributed by atoms with Gasteiger partial charge in [0.05, 0.1) is 0 Å². The summed E-state index contributed by atoms with van der Waals surface area (Å²) >= 11 is 0. The maximum Gasteiger partial charge on any atom is 0.226 e. The van der Waals surface area contributed by atoms with E-state index in [9.17, 15) is 4.79 Å². The highest BCUT2D eigenvalue weighted by Crippen LogP contribution is 2.13. The first-order valence-electron chi connectivity index (χ1n) is 7.22. The molecule has 1 amide bonds. The average molecular weight is 282 g/mol. The summed E-state index contributed by atoms with van der Waals surface area (Å²) in [6.07, 6.45) is 0.432. The number of benzene rings is 2. The van der Waals surface area contributed by atoms with Crippen molar-refractivity contribution in [2.75, 3.05) is 10.6 Å². The number of anilines is 2. The van der Waals surface area contributed by atoms with E-state index in [1.807, 2.05) is 50.2 Å². The summed E-state index contributed by atoms with van der Waals surface area (Å²) in [5, 5.41) is 6.25. The van der Waals surface area contributed by atoms with E-state index in [0.717, 1.165) is 11.4 Å². The number of amides is 1. The van der Waals surface area contributed by atoms with Crippen LogP contribution in [0.5, 0.6) is 0 Å². The third-order valence-electron chi connectivity index (χ3n) is 3.29. The molecule has 1 atom stereocenters. The van der Waals surface area contributed by atoms with E-state index in [0.29, 0.717) is 6.42 Å². The van der Waals surface area contributed by atoms with Crippen LogP contribution in [0.3, 0.4) is 0 Å². The predicted octanol–water partition coefficient (Wildman–Crippen LogP) is 4.13. The maximum atomic E-state index is 12.0. The Kier molecular flexibility index (Phi) is 4.99. The fourth-order valence-corrected chi connectivity index (χ4v) is 2.11. The molecule has 0 saturated heterocycles. The van der Waals surface area contributed by atoms with E-state index >= 15 is 0 Å². The van der Waals surface area contributed by atoms with Crippen molar-refractivity contribution < 1.29 is 4.79 Å². The standard InChI is InChI=1S/C18H22N2O/c1-13-4-8-16(9-5-13)19-15(3)12-18(21)20-17-10-6-14(2)7-11-17/h4-11,15,19H,12H2,1-3H3,(H,20,21). The Labute approximate surface area is 126 Å². The van der Waals surface area contributed by atoms with Crippen LogP contribution in [-0.2, 0) is 4.79 Å². The first kappa shape index (κ1) is 15.1. The van der Waals surface area contributed by atoms with Gasteiger partial charge in [-0.3, -0.25) is 4.79 Å². The Morgan fingerprint density at radius 2 is 1.38 bits per heavy atom. The summed E-state index contributed by atoms with van der Waals surface area (Å²) in [5.74, 6) is 0.0194.